The third kappa shape index (κ3) is 2.88. The summed E-state index contributed by atoms with van der Waals surface area (Å²) >= 11 is 1.52. The van der Waals surface area contributed by atoms with Crippen LogP contribution in [0.15, 0.2) is 52.4 Å². The Labute approximate surface area is 183 Å². The van der Waals surface area contributed by atoms with Gasteiger partial charge >= 0.3 is 0 Å². The van der Waals surface area contributed by atoms with Gasteiger partial charge in [-0.3, -0.25) is 19.9 Å². The first-order valence-corrected chi connectivity index (χ1v) is 10.8. The van der Waals surface area contributed by atoms with Crippen LogP contribution >= 0.6 is 11.3 Å². The molecule has 8 nitrogen and oxygen atoms in total. The lowest BCUT2D eigenvalue weighted by molar-refractivity contribution is -0.134. The van der Waals surface area contributed by atoms with Crippen LogP contribution in [0, 0.1) is 18.3 Å². The van der Waals surface area contributed by atoms with E-state index in [9.17, 15) is 9.59 Å². The first kappa shape index (κ1) is 19.5. The lowest BCUT2D eigenvalue weighted by Crippen LogP contribution is -2.64. The minimum atomic E-state index is -0.817. The average molecular weight is 436 g/mol. The van der Waals surface area contributed by atoms with Gasteiger partial charge in [-0.1, -0.05) is 41.6 Å². The number of thiophene rings is 1. The summed E-state index contributed by atoms with van der Waals surface area (Å²) < 4.78 is 5.38. The Morgan fingerprint density at radius 2 is 2.06 bits per heavy atom. The van der Waals surface area contributed by atoms with Crippen molar-refractivity contribution in [2.45, 2.75) is 12.5 Å². The zero-order valence-electron chi connectivity index (χ0n) is 17.1. The molecule has 3 aromatic rings. The van der Waals surface area contributed by atoms with Gasteiger partial charge in [0.25, 0.3) is 5.91 Å². The van der Waals surface area contributed by atoms with E-state index in [0.717, 1.165) is 10.4 Å². The number of carbonyl (C=O) groups is 2. The molecule has 2 atom stereocenters. The average Bonchev–Trinajstić information content (AvgIpc) is 3.51. The van der Waals surface area contributed by atoms with Crippen molar-refractivity contribution in [2.24, 2.45) is 5.92 Å². The highest BCUT2D eigenvalue weighted by Crippen LogP contribution is 2.43. The SMILES string of the molecule is Cc1onc(-c2ccccc2)c1C(=O)N1CC2C(=O)N(C)C(=N)NC2(c2cccs2)C1. The molecule has 0 bridgehead atoms. The number of aryl methyl sites for hydroxylation is 1. The zero-order valence-corrected chi connectivity index (χ0v) is 17.9. The Morgan fingerprint density at radius 3 is 2.77 bits per heavy atom. The van der Waals surface area contributed by atoms with E-state index in [2.05, 4.69) is 10.5 Å². The predicted molar refractivity (Wildman–Crippen MR) is 116 cm³/mol. The highest BCUT2D eigenvalue weighted by Gasteiger charge is 2.58. The summed E-state index contributed by atoms with van der Waals surface area (Å²) in [5.74, 6) is -0.415. The number of carbonyl (C=O) groups excluding carboxylic acids is 2. The smallest absolute Gasteiger partial charge is 0.259 e. The van der Waals surface area contributed by atoms with Crippen LogP contribution in [-0.4, -0.2) is 52.9 Å². The molecule has 2 amide bonds. The Bertz CT molecular complexity index is 1170. The first-order chi connectivity index (χ1) is 14.9. The molecule has 2 aliphatic heterocycles. The standard InChI is InChI=1S/C22H21N5O3S/c1-13-17(18(25-30-13)14-7-4-3-5-8-14)20(29)27-11-15-19(28)26(2)21(23)24-22(15,12-27)16-9-6-10-31-16/h3-10,15H,11-12H2,1-2H3,(H2,23,24). The van der Waals surface area contributed by atoms with Gasteiger partial charge in [-0.2, -0.15) is 0 Å². The van der Waals surface area contributed by atoms with Gasteiger partial charge in [0.05, 0.1) is 5.92 Å². The number of rotatable bonds is 3. The van der Waals surface area contributed by atoms with Crippen LogP contribution in [0.3, 0.4) is 0 Å². The maximum atomic E-state index is 13.7. The molecule has 1 aromatic carbocycles. The monoisotopic (exact) mass is 435 g/mol. The Kier molecular flexibility index (Phi) is 4.44. The van der Waals surface area contributed by atoms with Gasteiger partial charge in [0.15, 0.2) is 5.96 Å². The highest BCUT2D eigenvalue weighted by molar-refractivity contribution is 7.10. The van der Waals surface area contributed by atoms with E-state index < -0.39 is 11.5 Å². The molecule has 9 heteroatoms. The number of benzene rings is 1. The van der Waals surface area contributed by atoms with Crippen LogP contribution < -0.4 is 5.32 Å². The maximum absolute atomic E-state index is 13.7. The number of nitrogens with one attached hydrogen (secondary N) is 2. The summed E-state index contributed by atoms with van der Waals surface area (Å²) in [6.07, 6.45) is 0. The number of hydrogen-bond donors (Lipinski definition) is 2. The molecule has 0 aliphatic carbocycles. The summed E-state index contributed by atoms with van der Waals surface area (Å²) in [6, 6.07) is 13.3. The molecule has 4 heterocycles. The number of hydrogen-bond acceptors (Lipinski definition) is 6. The number of likely N-dealkylation sites (tertiary alicyclic amines) is 1. The van der Waals surface area contributed by atoms with Crippen molar-refractivity contribution in [3.63, 3.8) is 0 Å². The Balaban J connectivity index is 1.55. The van der Waals surface area contributed by atoms with E-state index in [-0.39, 0.29) is 30.9 Å². The van der Waals surface area contributed by atoms with Crippen molar-refractivity contribution in [1.82, 2.24) is 20.3 Å². The second kappa shape index (κ2) is 7.05. The van der Waals surface area contributed by atoms with Gasteiger partial charge < -0.3 is 14.7 Å². The third-order valence-electron chi connectivity index (χ3n) is 6.12. The molecular formula is C22H21N5O3S. The topological polar surface area (TPSA) is 103 Å². The van der Waals surface area contributed by atoms with Crippen LogP contribution in [0.4, 0.5) is 0 Å². The fraction of sp³-hybridized carbons (Fsp3) is 0.273. The summed E-state index contributed by atoms with van der Waals surface area (Å²) in [7, 11) is 1.58. The Morgan fingerprint density at radius 1 is 1.29 bits per heavy atom. The van der Waals surface area contributed by atoms with Gasteiger partial charge in [-0.15, -0.1) is 11.3 Å². The second-order valence-corrected chi connectivity index (χ2v) is 8.83. The lowest BCUT2D eigenvalue weighted by atomic mass is 9.83. The molecule has 5 rings (SSSR count). The van der Waals surface area contributed by atoms with Gasteiger partial charge in [-0.25, -0.2) is 0 Å². The molecule has 2 aliphatic rings. The molecule has 2 fully saturated rings. The number of nitrogens with zero attached hydrogens (tertiary/aromatic N) is 3. The van der Waals surface area contributed by atoms with Gasteiger partial charge in [0, 0.05) is 30.6 Å². The van der Waals surface area contributed by atoms with Crippen molar-refractivity contribution < 1.29 is 14.1 Å². The van der Waals surface area contributed by atoms with Gasteiger partial charge in [0.2, 0.25) is 5.91 Å². The summed E-state index contributed by atoms with van der Waals surface area (Å²) in [6.45, 7) is 2.24. The van der Waals surface area contributed by atoms with Crippen molar-refractivity contribution in [3.8, 4) is 11.3 Å². The highest BCUT2D eigenvalue weighted by atomic mass is 32.1. The quantitative estimate of drug-likeness (QED) is 0.659. The number of guanidine groups is 1. The molecule has 0 spiro atoms. The predicted octanol–water partition coefficient (Wildman–Crippen LogP) is 2.68. The van der Waals surface area contributed by atoms with E-state index in [1.54, 1.807) is 18.9 Å². The van der Waals surface area contributed by atoms with Crippen molar-refractivity contribution in [2.75, 3.05) is 20.1 Å². The molecule has 2 aromatic heterocycles. The second-order valence-electron chi connectivity index (χ2n) is 7.89. The minimum Gasteiger partial charge on any atom is -0.360 e. The molecular weight excluding hydrogens is 414 g/mol. The van der Waals surface area contributed by atoms with Gasteiger partial charge in [0.1, 0.15) is 22.6 Å². The fourth-order valence-corrected chi connectivity index (χ4v) is 5.41. The van der Waals surface area contributed by atoms with Crippen LogP contribution in [0.1, 0.15) is 21.0 Å². The fourth-order valence-electron chi connectivity index (χ4n) is 4.48. The van der Waals surface area contributed by atoms with Crippen LogP contribution in [0.25, 0.3) is 11.3 Å². The van der Waals surface area contributed by atoms with Crippen molar-refractivity contribution >= 4 is 29.1 Å². The number of fused-ring (bicyclic) bond motifs is 1. The van der Waals surface area contributed by atoms with E-state index in [0.29, 0.717) is 17.0 Å². The normalized spacial score (nSPS) is 23.1. The number of amides is 2. The van der Waals surface area contributed by atoms with Crippen molar-refractivity contribution in [3.05, 3.63) is 64.0 Å². The summed E-state index contributed by atoms with van der Waals surface area (Å²) in [5, 5.41) is 17.6. The molecule has 2 N–H and O–H groups in total. The largest absolute Gasteiger partial charge is 0.360 e. The molecule has 31 heavy (non-hydrogen) atoms. The van der Waals surface area contributed by atoms with Gasteiger partial charge in [-0.05, 0) is 18.4 Å². The third-order valence-corrected chi connectivity index (χ3v) is 7.16. The Hall–Kier alpha value is -3.46. The summed E-state index contributed by atoms with van der Waals surface area (Å²) in [4.78, 5) is 30.7. The van der Waals surface area contributed by atoms with E-state index in [1.807, 2.05) is 47.8 Å². The lowest BCUT2D eigenvalue weighted by Gasteiger charge is -2.42. The first-order valence-electron chi connectivity index (χ1n) is 9.91. The molecule has 0 saturated carbocycles. The zero-order chi connectivity index (χ0) is 21.8. The van der Waals surface area contributed by atoms with Crippen LogP contribution in [0.5, 0.6) is 0 Å². The molecule has 2 saturated heterocycles. The van der Waals surface area contributed by atoms with Crippen LogP contribution in [0.2, 0.25) is 0 Å². The summed E-state index contributed by atoms with van der Waals surface area (Å²) in [5.41, 5.74) is 0.875. The van der Waals surface area contributed by atoms with Crippen LogP contribution in [-0.2, 0) is 10.3 Å². The van der Waals surface area contributed by atoms with E-state index in [1.165, 1.54) is 16.2 Å². The molecule has 158 valence electrons. The van der Waals surface area contributed by atoms with E-state index >= 15 is 0 Å². The molecule has 2 unspecified atom stereocenters. The number of aromatic nitrogens is 1. The van der Waals surface area contributed by atoms with E-state index in [4.69, 9.17) is 9.93 Å². The maximum Gasteiger partial charge on any atom is 0.259 e. The minimum absolute atomic E-state index is 0.0371. The molecule has 0 radical (unpaired) electrons. The van der Waals surface area contributed by atoms with Crippen molar-refractivity contribution in [1.29, 1.82) is 5.41 Å².